The number of carbonyl (C=O) groups excluding carboxylic acids is 4. The maximum absolute atomic E-state index is 14.7. The topological polar surface area (TPSA) is 207 Å². The number of sulfone groups is 1. The number of fused-ring (bicyclic) bond motifs is 1. The Morgan fingerprint density at radius 1 is 0.785 bits per heavy atom. The second-order valence-electron chi connectivity index (χ2n) is 17.6. The number of nitrogens with zero attached hydrogens (tertiary/aromatic N) is 1. The van der Waals surface area contributed by atoms with Crippen molar-refractivity contribution < 1.29 is 56.8 Å². The lowest BCUT2D eigenvalue weighted by atomic mass is 9.94. The van der Waals surface area contributed by atoms with Crippen LogP contribution in [-0.2, 0) is 33.7 Å². The zero-order chi connectivity index (χ0) is 47.6. The lowest BCUT2D eigenvalue weighted by Crippen LogP contribution is -2.52. The van der Waals surface area contributed by atoms with E-state index in [1.807, 2.05) is 6.92 Å². The minimum Gasteiger partial charge on any atom is -0.494 e. The summed E-state index contributed by atoms with van der Waals surface area (Å²) in [5.74, 6) is -1.75. The van der Waals surface area contributed by atoms with Crippen molar-refractivity contribution in [2.24, 2.45) is 0 Å². The third-order valence-electron chi connectivity index (χ3n) is 12.0. The first-order valence-corrected chi connectivity index (χ1v) is 25.1. The number of carbonyl (C=O) groups is 4. The molecule has 1 saturated heterocycles. The first-order chi connectivity index (χ1) is 31.1. The third kappa shape index (κ3) is 14.7. The van der Waals surface area contributed by atoms with Crippen LogP contribution in [0.25, 0.3) is 6.08 Å². The van der Waals surface area contributed by atoms with E-state index < -0.39 is 56.8 Å². The molecule has 1 fully saturated rings. The largest absolute Gasteiger partial charge is 0.494 e. The van der Waals surface area contributed by atoms with Gasteiger partial charge in [-0.2, -0.15) is 0 Å². The molecule has 65 heavy (non-hydrogen) atoms. The Bertz CT molecular complexity index is 2040. The molecule has 4 rings (SSSR count). The van der Waals surface area contributed by atoms with Crippen LogP contribution in [0.3, 0.4) is 0 Å². The van der Waals surface area contributed by atoms with Crippen LogP contribution in [0.2, 0.25) is 0 Å². The van der Waals surface area contributed by atoms with Crippen LogP contribution in [0.1, 0.15) is 149 Å². The van der Waals surface area contributed by atoms with Crippen molar-refractivity contribution in [3.05, 3.63) is 47.5 Å². The summed E-state index contributed by atoms with van der Waals surface area (Å²) in [6.07, 6.45) is 13.4. The number of imide groups is 1. The van der Waals surface area contributed by atoms with E-state index in [0.717, 1.165) is 51.4 Å². The SMILES string of the molecule is CCCCCCCCCC(O)C(O)CCCCCCC(=O)Nc1cc(OC)c(NC(=O)C(C2=Cc3ccccc3S(=O)(=O)C2CCCOCCCC)N2C(=O)OC(C)(C)C2=O)cc1OC. The van der Waals surface area contributed by atoms with Gasteiger partial charge in [-0.25, -0.2) is 18.1 Å². The van der Waals surface area contributed by atoms with Crippen molar-refractivity contribution in [3.63, 3.8) is 0 Å². The van der Waals surface area contributed by atoms with E-state index >= 15 is 0 Å². The molecular formula is C49H73N3O12S. The lowest BCUT2D eigenvalue weighted by Gasteiger charge is -2.34. The normalized spacial score (nSPS) is 17.7. The number of nitrogens with one attached hydrogen (secondary N) is 2. The zero-order valence-electron chi connectivity index (χ0n) is 39.3. The fourth-order valence-electron chi connectivity index (χ4n) is 8.28. The monoisotopic (exact) mass is 927 g/mol. The van der Waals surface area contributed by atoms with Gasteiger partial charge in [0.25, 0.3) is 11.8 Å². The summed E-state index contributed by atoms with van der Waals surface area (Å²) < 4.78 is 51.2. The van der Waals surface area contributed by atoms with Gasteiger partial charge in [0.15, 0.2) is 15.4 Å². The number of hydrogen-bond acceptors (Lipinski definition) is 12. The number of aliphatic hydroxyl groups excluding tert-OH is 2. The number of methoxy groups -OCH3 is 2. The Balaban J connectivity index is 1.47. The standard InChI is InChI=1S/C49H73N3O12S/c1-7-9-11-12-13-14-17-24-38(53)39(54)25-18-15-16-19-28-44(55)50-36-32-41(62-6)37(33-40(36)61-5)51-46(56)45(52-47(57)49(3,4)64-48(52)58)35-31-34-23-20-21-26-42(34)65(59,60)43(35)27-22-30-63-29-10-8-2/h20-21,23,26,31-33,38-39,43,45,53-54H,7-19,22,24-25,27-30H2,1-6H3,(H,50,55)(H,51,56). The van der Waals surface area contributed by atoms with E-state index in [-0.39, 0.29) is 58.7 Å². The molecule has 2 aliphatic heterocycles. The summed E-state index contributed by atoms with van der Waals surface area (Å²) in [5.41, 5.74) is -0.992. The maximum atomic E-state index is 14.7. The van der Waals surface area contributed by atoms with Gasteiger partial charge in [0.05, 0.1) is 47.9 Å². The number of anilines is 2. The number of amides is 4. The Hall–Kier alpha value is -4.51. The molecule has 2 aromatic carbocycles. The van der Waals surface area contributed by atoms with Crippen LogP contribution in [0.4, 0.5) is 16.2 Å². The van der Waals surface area contributed by atoms with Gasteiger partial charge in [0.2, 0.25) is 5.91 Å². The second-order valence-corrected chi connectivity index (χ2v) is 19.7. The molecule has 0 aromatic heterocycles. The number of ether oxygens (including phenoxy) is 4. The van der Waals surface area contributed by atoms with E-state index in [0.29, 0.717) is 42.8 Å². The smallest absolute Gasteiger partial charge is 0.418 e. The summed E-state index contributed by atoms with van der Waals surface area (Å²) in [6.45, 7) is 7.80. The molecular weight excluding hydrogens is 855 g/mol. The highest BCUT2D eigenvalue weighted by Gasteiger charge is 2.55. The van der Waals surface area contributed by atoms with Crippen LogP contribution in [-0.4, -0.2) is 104 Å². The molecule has 0 aliphatic carbocycles. The number of benzene rings is 2. The van der Waals surface area contributed by atoms with Crippen LogP contribution >= 0.6 is 0 Å². The second kappa shape index (κ2) is 26.0. The number of unbranched alkanes of at least 4 members (excludes halogenated alkanes) is 10. The molecule has 15 nitrogen and oxygen atoms in total. The molecule has 4 amide bonds. The highest BCUT2D eigenvalue weighted by molar-refractivity contribution is 7.92. The van der Waals surface area contributed by atoms with Crippen molar-refractivity contribution >= 4 is 51.1 Å². The highest BCUT2D eigenvalue weighted by Crippen LogP contribution is 2.41. The Morgan fingerprint density at radius 2 is 1.34 bits per heavy atom. The van der Waals surface area contributed by atoms with Gasteiger partial charge in [-0.3, -0.25) is 14.4 Å². The molecule has 0 bridgehead atoms. The van der Waals surface area contributed by atoms with Crippen LogP contribution < -0.4 is 20.1 Å². The van der Waals surface area contributed by atoms with E-state index in [2.05, 4.69) is 17.6 Å². The van der Waals surface area contributed by atoms with Gasteiger partial charge in [0.1, 0.15) is 17.5 Å². The van der Waals surface area contributed by atoms with Crippen molar-refractivity contribution in [3.8, 4) is 11.5 Å². The third-order valence-corrected chi connectivity index (χ3v) is 14.3. The van der Waals surface area contributed by atoms with Crippen molar-refractivity contribution in [2.45, 2.75) is 177 Å². The van der Waals surface area contributed by atoms with Crippen LogP contribution in [0.15, 0.2) is 46.9 Å². The molecule has 0 saturated carbocycles. The molecule has 4 atom stereocenters. The minimum absolute atomic E-state index is 0.0140. The molecule has 362 valence electrons. The summed E-state index contributed by atoms with van der Waals surface area (Å²) in [6, 6.07) is 7.50. The zero-order valence-corrected chi connectivity index (χ0v) is 40.1. The average Bonchev–Trinajstić information content (AvgIpc) is 3.47. The van der Waals surface area contributed by atoms with Gasteiger partial charge in [-0.15, -0.1) is 0 Å². The number of cyclic esters (lactones) is 1. The van der Waals surface area contributed by atoms with Gasteiger partial charge in [-0.1, -0.05) is 109 Å². The van der Waals surface area contributed by atoms with Gasteiger partial charge in [0, 0.05) is 31.8 Å². The summed E-state index contributed by atoms with van der Waals surface area (Å²) >= 11 is 0. The summed E-state index contributed by atoms with van der Waals surface area (Å²) in [7, 11) is -1.39. The summed E-state index contributed by atoms with van der Waals surface area (Å²) in [4.78, 5) is 56.0. The molecule has 16 heteroatoms. The Labute approximate surface area is 385 Å². The fraction of sp³-hybridized carbons (Fsp3) is 0.633. The molecule has 2 aromatic rings. The van der Waals surface area contributed by atoms with Crippen LogP contribution in [0.5, 0.6) is 11.5 Å². The van der Waals surface area contributed by atoms with Crippen molar-refractivity contribution in [1.29, 1.82) is 0 Å². The van der Waals surface area contributed by atoms with E-state index in [1.54, 1.807) is 24.3 Å². The molecule has 0 radical (unpaired) electrons. The van der Waals surface area contributed by atoms with Crippen molar-refractivity contribution in [1.82, 2.24) is 4.90 Å². The predicted molar refractivity (Wildman–Crippen MR) is 251 cm³/mol. The molecule has 2 heterocycles. The minimum atomic E-state index is -4.14. The maximum Gasteiger partial charge on any atom is 0.418 e. The molecule has 0 spiro atoms. The predicted octanol–water partition coefficient (Wildman–Crippen LogP) is 8.75. The highest BCUT2D eigenvalue weighted by atomic mass is 32.2. The van der Waals surface area contributed by atoms with Crippen molar-refractivity contribution in [2.75, 3.05) is 38.1 Å². The average molecular weight is 928 g/mol. The van der Waals surface area contributed by atoms with E-state index in [9.17, 15) is 37.8 Å². The van der Waals surface area contributed by atoms with Gasteiger partial charge >= 0.3 is 6.09 Å². The molecule has 4 N–H and O–H groups in total. The van der Waals surface area contributed by atoms with Gasteiger partial charge in [-0.05, 0) is 69.6 Å². The Morgan fingerprint density at radius 3 is 1.92 bits per heavy atom. The van der Waals surface area contributed by atoms with E-state index in [4.69, 9.17) is 18.9 Å². The van der Waals surface area contributed by atoms with Crippen LogP contribution in [0, 0.1) is 0 Å². The molecule has 4 unspecified atom stereocenters. The number of aliphatic hydroxyl groups is 2. The summed E-state index contributed by atoms with van der Waals surface area (Å²) in [5, 5.41) is 25.1. The first-order valence-electron chi connectivity index (χ1n) is 23.5. The van der Waals surface area contributed by atoms with E-state index in [1.165, 1.54) is 71.9 Å². The lowest BCUT2D eigenvalue weighted by molar-refractivity contribution is -0.138. The first kappa shape index (κ1) is 53.1. The quantitative estimate of drug-likeness (QED) is 0.0543. The molecule has 2 aliphatic rings. The Kier molecular flexibility index (Phi) is 21.2. The number of hydrogen-bond donors (Lipinski definition) is 4. The number of rotatable bonds is 30. The van der Waals surface area contributed by atoms with Gasteiger partial charge < -0.3 is 39.8 Å². The fourth-order valence-corrected chi connectivity index (χ4v) is 10.3.